The number of H-pyrrole nitrogens is 1. The number of rotatable bonds is 6. The molecule has 0 aromatic carbocycles. The second-order valence-electron chi connectivity index (χ2n) is 8.92. The van der Waals surface area contributed by atoms with Crippen molar-refractivity contribution in [1.29, 1.82) is 0 Å². The predicted molar refractivity (Wildman–Crippen MR) is 118 cm³/mol. The van der Waals surface area contributed by atoms with E-state index in [2.05, 4.69) is 25.1 Å². The molecule has 0 radical (unpaired) electrons. The monoisotopic (exact) mass is 442 g/mol. The summed E-state index contributed by atoms with van der Waals surface area (Å²) >= 11 is -2.10. The number of hydrogen-bond acceptors (Lipinski definition) is 7. The Balaban J connectivity index is 1.34. The zero-order valence-electron chi connectivity index (χ0n) is 17.7. The summed E-state index contributed by atoms with van der Waals surface area (Å²) in [7, 11) is 1.71. The van der Waals surface area contributed by atoms with E-state index in [-0.39, 0.29) is 5.92 Å². The summed E-state index contributed by atoms with van der Waals surface area (Å²) in [6.07, 6.45) is 10.1. The van der Waals surface area contributed by atoms with Gasteiger partial charge in [-0.3, -0.25) is 14.2 Å². The Bertz CT molecular complexity index is 1080. The van der Waals surface area contributed by atoms with Crippen LogP contribution in [0.25, 0.3) is 21.8 Å². The average Bonchev–Trinajstić information content (AvgIpc) is 3.44. The van der Waals surface area contributed by atoms with Crippen molar-refractivity contribution in [3.05, 3.63) is 30.4 Å². The molecule has 2 aliphatic rings. The van der Waals surface area contributed by atoms with Gasteiger partial charge in [0.2, 0.25) is 0 Å². The standard InChI is InChI=1S/C22H29N5O3S/c1-30-13-14-7-9-27(12-14)22(31(28)29)16-4-2-15(3-5-16)20-19-17(11-25-26-20)10-24-21-18(19)6-8-23-21/h6,8,10-11,14-16,22,26H,2-5,7,9,12-13H2,1H3,(H,28,29)/p-1. The lowest BCUT2D eigenvalue weighted by molar-refractivity contribution is 0.141. The minimum atomic E-state index is -2.10. The molecule has 0 spiro atoms. The molecule has 0 amide bonds. The molecule has 3 aromatic rings. The number of pyridine rings is 1. The van der Waals surface area contributed by atoms with Gasteiger partial charge in [0.15, 0.2) is 5.65 Å². The van der Waals surface area contributed by atoms with Gasteiger partial charge in [0.25, 0.3) is 0 Å². The van der Waals surface area contributed by atoms with Crippen molar-refractivity contribution >= 4 is 32.9 Å². The maximum absolute atomic E-state index is 12.2. The van der Waals surface area contributed by atoms with Crippen LogP contribution < -0.4 is 0 Å². The zero-order chi connectivity index (χ0) is 21.4. The highest BCUT2D eigenvalue weighted by molar-refractivity contribution is 7.79. The van der Waals surface area contributed by atoms with Gasteiger partial charge in [0.05, 0.1) is 18.2 Å². The first kappa shape index (κ1) is 20.9. The van der Waals surface area contributed by atoms with Crippen molar-refractivity contribution in [2.45, 2.75) is 43.4 Å². The third-order valence-electron chi connectivity index (χ3n) is 7.08. The average molecular weight is 443 g/mol. The Hall–Kier alpha value is -1.94. The van der Waals surface area contributed by atoms with Gasteiger partial charge in [0, 0.05) is 53.8 Å². The smallest absolute Gasteiger partial charge is 0.159 e. The Morgan fingerprint density at radius 3 is 2.87 bits per heavy atom. The van der Waals surface area contributed by atoms with Crippen LogP contribution in [0.5, 0.6) is 0 Å². The molecule has 1 aliphatic carbocycles. The number of nitrogens with one attached hydrogen (secondary N) is 1. The molecule has 3 aromatic heterocycles. The lowest BCUT2D eigenvalue weighted by atomic mass is 9.79. The van der Waals surface area contributed by atoms with Crippen molar-refractivity contribution in [3.63, 3.8) is 0 Å². The fourth-order valence-electron chi connectivity index (χ4n) is 5.63. The van der Waals surface area contributed by atoms with Gasteiger partial charge in [-0.1, -0.05) is 0 Å². The van der Waals surface area contributed by atoms with Crippen molar-refractivity contribution in [2.75, 3.05) is 26.8 Å². The second kappa shape index (κ2) is 8.90. The molecule has 4 heterocycles. The predicted octanol–water partition coefficient (Wildman–Crippen LogP) is 2.95. The van der Waals surface area contributed by atoms with Gasteiger partial charge in [-0.15, -0.1) is 0 Å². The largest absolute Gasteiger partial charge is 0.771 e. The highest BCUT2D eigenvalue weighted by atomic mass is 32.2. The molecule has 1 saturated heterocycles. The van der Waals surface area contributed by atoms with Crippen LogP contribution in [0.2, 0.25) is 0 Å². The molecule has 3 unspecified atom stereocenters. The van der Waals surface area contributed by atoms with Crippen LogP contribution in [0.3, 0.4) is 0 Å². The van der Waals surface area contributed by atoms with Crippen LogP contribution in [0.4, 0.5) is 0 Å². The number of nitrogens with zero attached hydrogens (tertiary/aromatic N) is 4. The van der Waals surface area contributed by atoms with E-state index in [1.165, 1.54) is 0 Å². The zero-order valence-corrected chi connectivity index (χ0v) is 18.5. The maximum atomic E-state index is 12.2. The van der Waals surface area contributed by atoms with Crippen LogP contribution >= 0.6 is 0 Å². The van der Waals surface area contributed by atoms with Crippen molar-refractivity contribution < 1.29 is 13.5 Å². The molecule has 31 heavy (non-hydrogen) atoms. The first-order valence-electron chi connectivity index (χ1n) is 11.0. The number of methoxy groups -OCH3 is 1. The summed E-state index contributed by atoms with van der Waals surface area (Å²) < 4.78 is 29.7. The Labute approximate surface area is 184 Å². The first-order valence-corrected chi connectivity index (χ1v) is 12.2. The topological polar surface area (TPSA) is 107 Å². The van der Waals surface area contributed by atoms with Gasteiger partial charge < -0.3 is 9.29 Å². The molecule has 9 heteroatoms. The minimum Gasteiger partial charge on any atom is -0.771 e. The number of ether oxygens (including phenoxy) is 1. The molecular formula is C22H28N5O3S-. The van der Waals surface area contributed by atoms with E-state index < -0.39 is 16.5 Å². The molecule has 2 fully saturated rings. The highest BCUT2D eigenvalue weighted by Gasteiger charge is 2.36. The van der Waals surface area contributed by atoms with E-state index in [4.69, 9.17) is 4.74 Å². The molecular weight excluding hydrogens is 414 g/mol. The Kier molecular flexibility index (Phi) is 6.01. The normalized spacial score (nSPS) is 27.1. The minimum absolute atomic E-state index is 0.168. The number of aromatic amines is 1. The first-order chi connectivity index (χ1) is 15.2. The molecule has 1 N–H and O–H groups in total. The van der Waals surface area contributed by atoms with Gasteiger partial charge in [-0.05, 0) is 67.6 Å². The van der Waals surface area contributed by atoms with Crippen LogP contribution in [-0.4, -0.2) is 66.0 Å². The molecule has 1 saturated carbocycles. The van der Waals surface area contributed by atoms with Crippen molar-refractivity contribution in [2.24, 2.45) is 11.8 Å². The van der Waals surface area contributed by atoms with Crippen LogP contribution in [-0.2, 0) is 15.8 Å². The second-order valence-corrected chi connectivity index (χ2v) is 9.93. The summed E-state index contributed by atoms with van der Waals surface area (Å²) in [6.45, 7) is 2.34. The van der Waals surface area contributed by atoms with Crippen LogP contribution in [0.15, 0.2) is 24.7 Å². The summed E-state index contributed by atoms with van der Waals surface area (Å²) in [5.41, 5.74) is 1.88. The van der Waals surface area contributed by atoms with Crippen molar-refractivity contribution in [1.82, 2.24) is 25.1 Å². The third-order valence-corrected chi connectivity index (χ3v) is 8.16. The van der Waals surface area contributed by atoms with E-state index in [9.17, 15) is 8.76 Å². The molecule has 0 bridgehead atoms. The van der Waals surface area contributed by atoms with E-state index in [1.807, 2.05) is 18.5 Å². The number of fused-ring (bicyclic) bond motifs is 3. The summed E-state index contributed by atoms with van der Waals surface area (Å²) in [4.78, 5) is 10.9. The Morgan fingerprint density at radius 1 is 1.26 bits per heavy atom. The number of aromatic nitrogens is 4. The molecule has 166 valence electrons. The molecule has 1 aliphatic heterocycles. The van der Waals surface area contributed by atoms with Crippen LogP contribution in [0.1, 0.15) is 43.7 Å². The molecule has 5 rings (SSSR count). The SMILES string of the molecule is COCC1CCN(C(C2CCC(c3[nH]ncc4cnc5nccc5c34)CC2)S(=O)[O-])C1. The lowest BCUT2D eigenvalue weighted by Crippen LogP contribution is -2.43. The summed E-state index contributed by atoms with van der Waals surface area (Å²) in [5.74, 6) is 0.924. The Morgan fingerprint density at radius 2 is 2.10 bits per heavy atom. The summed E-state index contributed by atoms with van der Waals surface area (Å²) in [5, 5.41) is 10.4. The highest BCUT2D eigenvalue weighted by Crippen LogP contribution is 2.41. The van der Waals surface area contributed by atoms with E-state index in [0.717, 1.165) is 72.7 Å². The van der Waals surface area contributed by atoms with Gasteiger partial charge in [0.1, 0.15) is 0 Å². The van der Waals surface area contributed by atoms with Crippen molar-refractivity contribution in [3.8, 4) is 0 Å². The molecule has 3 atom stereocenters. The van der Waals surface area contributed by atoms with E-state index >= 15 is 0 Å². The third kappa shape index (κ3) is 4.00. The lowest BCUT2D eigenvalue weighted by Gasteiger charge is -2.39. The summed E-state index contributed by atoms with van der Waals surface area (Å²) in [6, 6.07) is 2.01. The van der Waals surface area contributed by atoms with Gasteiger partial charge in [-0.2, -0.15) is 5.10 Å². The molecule has 8 nitrogen and oxygen atoms in total. The van der Waals surface area contributed by atoms with Gasteiger partial charge in [-0.25, -0.2) is 9.97 Å². The number of hydrogen-bond donors (Lipinski definition) is 1. The van der Waals surface area contributed by atoms with E-state index in [0.29, 0.717) is 18.4 Å². The fraction of sp³-hybridized carbons (Fsp3) is 0.591. The van der Waals surface area contributed by atoms with E-state index in [1.54, 1.807) is 13.3 Å². The maximum Gasteiger partial charge on any atom is 0.159 e. The van der Waals surface area contributed by atoms with Gasteiger partial charge >= 0.3 is 0 Å². The number of likely N-dealkylation sites (tertiary alicyclic amines) is 1. The fourth-order valence-corrected chi connectivity index (χ4v) is 6.65. The quantitative estimate of drug-likeness (QED) is 0.585. The van der Waals surface area contributed by atoms with Crippen LogP contribution in [0, 0.1) is 11.8 Å².